The Morgan fingerprint density at radius 2 is 2.38 bits per heavy atom. The van der Waals surface area contributed by atoms with Crippen molar-refractivity contribution < 1.29 is 0 Å². The molecule has 2 rings (SSSR count). The minimum Gasteiger partial charge on any atom is -0.316 e. The summed E-state index contributed by atoms with van der Waals surface area (Å²) in [6.07, 6.45) is 4.46. The summed E-state index contributed by atoms with van der Waals surface area (Å²) in [6.45, 7) is 3.33. The molecule has 2 heterocycles. The van der Waals surface area contributed by atoms with Crippen LogP contribution in [0.3, 0.4) is 0 Å². The van der Waals surface area contributed by atoms with E-state index in [1.807, 2.05) is 12.3 Å². The Hall–Kier alpha value is -0.640. The van der Waals surface area contributed by atoms with E-state index in [4.69, 9.17) is 0 Å². The molecule has 1 aromatic heterocycles. The predicted octanol–water partition coefficient (Wildman–Crippen LogP) is 1.69. The molecule has 4 heteroatoms. The van der Waals surface area contributed by atoms with Crippen LogP contribution in [0.15, 0.2) is 24.4 Å². The quantitative estimate of drug-likeness (QED) is 0.873. The highest BCUT2D eigenvalue weighted by atomic mass is 35.5. The number of rotatable bonds is 3. The molecule has 1 unspecified atom stereocenters. The Labute approximate surface area is 104 Å². The van der Waals surface area contributed by atoms with Crippen molar-refractivity contribution in [2.24, 2.45) is 0 Å². The third-order valence-corrected chi connectivity index (χ3v) is 3.03. The molecular weight excluding hydrogens is 222 g/mol. The zero-order chi connectivity index (χ0) is 10.5. The van der Waals surface area contributed by atoms with Gasteiger partial charge in [-0.15, -0.1) is 12.4 Å². The van der Waals surface area contributed by atoms with Crippen molar-refractivity contribution in [2.45, 2.75) is 25.4 Å². The summed E-state index contributed by atoms with van der Waals surface area (Å²) in [6, 6.07) is 6.78. The van der Waals surface area contributed by atoms with Crippen molar-refractivity contribution in [3.8, 4) is 0 Å². The highest BCUT2D eigenvalue weighted by Gasteiger charge is 2.18. The van der Waals surface area contributed by atoms with E-state index in [9.17, 15) is 0 Å². The molecule has 0 radical (unpaired) electrons. The van der Waals surface area contributed by atoms with Gasteiger partial charge in [-0.3, -0.25) is 9.88 Å². The van der Waals surface area contributed by atoms with Gasteiger partial charge in [-0.2, -0.15) is 0 Å². The van der Waals surface area contributed by atoms with Gasteiger partial charge in [0.15, 0.2) is 0 Å². The molecule has 1 fully saturated rings. The maximum Gasteiger partial charge on any atom is 0.0543 e. The van der Waals surface area contributed by atoms with E-state index in [0.717, 1.165) is 13.1 Å². The van der Waals surface area contributed by atoms with E-state index in [1.165, 1.54) is 25.1 Å². The molecule has 1 N–H and O–H groups in total. The number of pyridine rings is 1. The van der Waals surface area contributed by atoms with Crippen molar-refractivity contribution in [1.82, 2.24) is 15.2 Å². The van der Waals surface area contributed by atoms with Gasteiger partial charge in [0.25, 0.3) is 0 Å². The molecule has 0 spiro atoms. The monoisotopic (exact) mass is 241 g/mol. The lowest BCUT2D eigenvalue weighted by atomic mass is 10.1. The minimum atomic E-state index is 0. The Morgan fingerprint density at radius 3 is 3.06 bits per heavy atom. The van der Waals surface area contributed by atoms with E-state index >= 15 is 0 Å². The van der Waals surface area contributed by atoms with Crippen LogP contribution in [0, 0.1) is 0 Å². The number of halogens is 1. The molecular formula is C12H20ClN3. The van der Waals surface area contributed by atoms with Gasteiger partial charge in [-0.1, -0.05) is 6.07 Å². The van der Waals surface area contributed by atoms with Crippen LogP contribution in [-0.2, 0) is 6.54 Å². The zero-order valence-electron chi connectivity index (χ0n) is 9.72. The zero-order valence-corrected chi connectivity index (χ0v) is 10.5. The molecule has 0 bridgehead atoms. The van der Waals surface area contributed by atoms with Crippen molar-refractivity contribution in [3.05, 3.63) is 30.1 Å². The summed E-state index contributed by atoms with van der Waals surface area (Å²) in [5, 5.41) is 3.36. The molecule has 0 aliphatic carbocycles. The molecule has 16 heavy (non-hydrogen) atoms. The smallest absolute Gasteiger partial charge is 0.0543 e. The lowest BCUT2D eigenvalue weighted by Gasteiger charge is -2.32. The number of piperidine rings is 1. The lowest BCUT2D eigenvalue weighted by Crippen LogP contribution is -2.43. The first-order valence-electron chi connectivity index (χ1n) is 5.68. The summed E-state index contributed by atoms with van der Waals surface area (Å²) in [5.74, 6) is 0. The lowest BCUT2D eigenvalue weighted by molar-refractivity contribution is 0.186. The van der Waals surface area contributed by atoms with E-state index in [-0.39, 0.29) is 12.4 Å². The van der Waals surface area contributed by atoms with E-state index in [1.54, 1.807) is 0 Å². The maximum absolute atomic E-state index is 4.36. The van der Waals surface area contributed by atoms with Crippen LogP contribution >= 0.6 is 12.4 Å². The van der Waals surface area contributed by atoms with Gasteiger partial charge >= 0.3 is 0 Å². The maximum atomic E-state index is 4.36. The number of likely N-dealkylation sites (N-methyl/N-ethyl adjacent to an activating group) is 1. The first kappa shape index (κ1) is 13.4. The highest BCUT2D eigenvalue weighted by molar-refractivity contribution is 5.85. The van der Waals surface area contributed by atoms with Crippen molar-refractivity contribution in [2.75, 3.05) is 20.1 Å². The average molecular weight is 242 g/mol. The molecule has 0 amide bonds. The fourth-order valence-corrected chi connectivity index (χ4v) is 2.16. The first-order valence-corrected chi connectivity index (χ1v) is 5.68. The van der Waals surface area contributed by atoms with Crippen molar-refractivity contribution >= 4 is 12.4 Å². The van der Waals surface area contributed by atoms with Crippen LogP contribution in [0.2, 0.25) is 0 Å². The second-order valence-corrected chi connectivity index (χ2v) is 4.18. The van der Waals surface area contributed by atoms with Crippen LogP contribution < -0.4 is 5.32 Å². The van der Waals surface area contributed by atoms with Gasteiger partial charge in [-0.25, -0.2) is 0 Å². The van der Waals surface area contributed by atoms with E-state index < -0.39 is 0 Å². The van der Waals surface area contributed by atoms with Gasteiger partial charge in [0.1, 0.15) is 0 Å². The number of nitrogens with zero attached hydrogens (tertiary/aromatic N) is 2. The normalized spacial score (nSPS) is 21.4. The second-order valence-electron chi connectivity index (χ2n) is 4.18. The summed E-state index contributed by atoms with van der Waals surface area (Å²) in [7, 11) is 2.05. The molecule has 3 nitrogen and oxygen atoms in total. The number of hydrogen-bond donors (Lipinski definition) is 1. The van der Waals surface area contributed by atoms with Gasteiger partial charge < -0.3 is 5.32 Å². The fraction of sp³-hybridized carbons (Fsp3) is 0.583. The molecule has 90 valence electrons. The molecule has 0 aromatic carbocycles. The van der Waals surface area contributed by atoms with Crippen LogP contribution in [-0.4, -0.2) is 36.1 Å². The Kier molecular flexibility index (Phi) is 5.74. The molecule has 1 aromatic rings. The first-order chi connectivity index (χ1) is 7.38. The van der Waals surface area contributed by atoms with Crippen LogP contribution in [0.4, 0.5) is 0 Å². The average Bonchev–Trinajstić information content (AvgIpc) is 2.31. The van der Waals surface area contributed by atoms with Gasteiger partial charge in [0, 0.05) is 25.3 Å². The van der Waals surface area contributed by atoms with Crippen molar-refractivity contribution in [3.63, 3.8) is 0 Å². The fourth-order valence-electron chi connectivity index (χ4n) is 2.16. The molecule has 1 atom stereocenters. The Morgan fingerprint density at radius 1 is 1.50 bits per heavy atom. The van der Waals surface area contributed by atoms with Gasteiger partial charge in [-0.05, 0) is 38.6 Å². The van der Waals surface area contributed by atoms with E-state index in [2.05, 4.69) is 34.4 Å². The largest absolute Gasteiger partial charge is 0.316 e. The predicted molar refractivity (Wildman–Crippen MR) is 68.8 cm³/mol. The summed E-state index contributed by atoms with van der Waals surface area (Å²) >= 11 is 0. The number of nitrogens with one attached hydrogen (secondary N) is 1. The standard InChI is InChI=1S/C12H19N3.ClH/c1-13-11-6-4-8-15(9-11)10-12-5-2-3-7-14-12;/h2-3,5,7,11,13H,4,6,8-10H2,1H3;1H. The summed E-state index contributed by atoms with van der Waals surface area (Å²) in [5.41, 5.74) is 1.18. The Bertz CT molecular complexity index is 292. The molecule has 1 aliphatic rings. The molecule has 1 saturated heterocycles. The number of hydrogen-bond acceptors (Lipinski definition) is 3. The van der Waals surface area contributed by atoms with Crippen LogP contribution in [0.25, 0.3) is 0 Å². The summed E-state index contributed by atoms with van der Waals surface area (Å²) in [4.78, 5) is 6.84. The molecule has 1 aliphatic heterocycles. The molecule has 0 saturated carbocycles. The third-order valence-electron chi connectivity index (χ3n) is 3.03. The number of likely N-dealkylation sites (tertiary alicyclic amines) is 1. The minimum absolute atomic E-state index is 0. The van der Waals surface area contributed by atoms with Crippen LogP contribution in [0.1, 0.15) is 18.5 Å². The van der Waals surface area contributed by atoms with Crippen LogP contribution in [0.5, 0.6) is 0 Å². The van der Waals surface area contributed by atoms with Crippen molar-refractivity contribution in [1.29, 1.82) is 0 Å². The Balaban J connectivity index is 0.00000128. The third kappa shape index (κ3) is 3.74. The van der Waals surface area contributed by atoms with E-state index in [0.29, 0.717) is 6.04 Å². The summed E-state index contributed by atoms with van der Waals surface area (Å²) < 4.78 is 0. The highest BCUT2D eigenvalue weighted by Crippen LogP contribution is 2.12. The SMILES string of the molecule is CNC1CCCN(Cc2ccccn2)C1.Cl. The number of aromatic nitrogens is 1. The second kappa shape index (κ2) is 6.84. The van der Waals surface area contributed by atoms with Gasteiger partial charge in [0.2, 0.25) is 0 Å². The topological polar surface area (TPSA) is 28.2 Å². The van der Waals surface area contributed by atoms with Gasteiger partial charge in [0.05, 0.1) is 5.69 Å².